The van der Waals surface area contributed by atoms with Gasteiger partial charge in [-0.15, -0.1) is 0 Å². The van der Waals surface area contributed by atoms with E-state index >= 15 is 0 Å². The normalized spacial score (nSPS) is 11.3. The molecule has 0 N–H and O–H groups in total. The maximum absolute atomic E-state index is 6.53. The van der Waals surface area contributed by atoms with Gasteiger partial charge in [0.05, 0.1) is 0 Å². The zero-order valence-corrected chi connectivity index (χ0v) is 32.7. The average molecular weight is 783 g/mol. The predicted molar refractivity (Wildman–Crippen MR) is 244 cm³/mol. The standard InChI is InChI=1S/C54H34N6O/c1-6-17-35(18-7-1)41-31-42(33-43(32-41)53-57-49(36-19-8-2-9-20-36)55-50(58-53)37-21-10-3-11-22-37)40-29-30-46-45(34-40)48-44(27-16-28-47(48)61-46)54-59-51(38-23-12-4-13-24-38)56-52(60-54)39-25-14-5-15-26-39/h1-34H. The molecule has 0 unspecified atom stereocenters. The molecule has 0 saturated carbocycles. The first-order valence-corrected chi connectivity index (χ1v) is 20.1. The van der Waals surface area contributed by atoms with Gasteiger partial charge in [-0.05, 0) is 58.7 Å². The smallest absolute Gasteiger partial charge is 0.164 e. The number of hydrogen-bond donors (Lipinski definition) is 0. The van der Waals surface area contributed by atoms with Gasteiger partial charge >= 0.3 is 0 Å². The Bertz CT molecular complexity index is 3220. The molecule has 0 saturated heterocycles. The molecule has 7 nitrogen and oxygen atoms in total. The first kappa shape index (κ1) is 35.7. The molecule has 3 heterocycles. The highest BCUT2D eigenvalue weighted by Crippen LogP contribution is 2.40. The molecule has 0 aliphatic carbocycles. The van der Waals surface area contributed by atoms with Crippen molar-refractivity contribution >= 4 is 21.9 Å². The molecule has 0 aliphatic heterocycles. The minimum Gasteiger partial charge on any atom is -0.456 e. The number of fused-ring (bicyclic) bond motifs is 3. The summed E-state index contributed by atoms with van der Waals surface area (Å²) in [5.41, 5.74) is 11.0. The molecule has 61 heavy (non-hydrogen) atoms. The van der Waals surface area contributed by atoms with Gasteiger partial charge in [0.1, 0.15) is 11.2 Å². The fourth-order valence-electron chi connectivity index (χ4n) is 7.78. The SMILES string of the molecule is c1ccc(-c2cc(-c3ccc4oc5cccc(-c6nc(-c7ccccc7)nc(-c7ccccc7)n6)c5c4c3)cc(-c3nc(-c4ccccc4)nc(-c4ccccc4)n3)c2)cc1. The Labute approximate surface area is 351 Å². The van der Waals surface area contributed by atoms with Crippen molar-refractivity contribution in [2.45, 2.75) is 0 Å². The number of aromatic nitrogens is 6. The van der Waals surface area contributed by atoms with Gasteiger partial charge in [0, 0.05) is 44.2 Å². The second kappa shape index (κ2) is 15.4. The second-order valence-corrected chi connectivity index (χ2v) is 14.7. The maximum atomic E-state index is 6.53. The van der Waals surface area contributed by atoms with Crippen molar-refractivity contribution in [3.63, 3.8) is 0 Å². The molecule has 8 aromatic carbocycles. The molecule has 0 radical (unpaired) electrons. The maximum Gasteiger partial charge on any atom is 0.164 e. The topological polar surface area (TPSA) is 90.5 Å². The minimum atomic E-state index is 0.568. The van der Waals surface area contributed by atoms with Crippen LogP contribution in [0.25, 0.3) is 113 Å². The molecule has 11 aromatic rings. The van der Waals surface area contributed by atoms with Crippen molar-refractivity contribution in [1.29, 1.82) is 0 Å². The third kappa shape index (κ3) is 7.00. The molecule has 3 aromatic heterocycles. The highest BCUT2D eigenvalue weighted by molar-refractivity contribution is 6.13. The summed E-state index contributed by atoms with van der Waals surface area (Å²) in [7, 11) is 0. The summed E-state index contributed by atoms with van der Waals surface area (Å²) in [4.78, 5) is 30.2. The van der Waals surface area contributed by atoms with Crippen molar-refractivity contribution in [2.75, 3.05) is 0 Å². The van der Waals surface area contributed by atoms with Gasteiger partial charge in [-0.25, -0.2) is 29.9 Å². The number of nitrogens with zero attached hydrogens (tertiary/aromatic N) is 6. The van der Waals surface area contributed by atoms with Crippen LogP contribution in [0.3, 0.4) is 0 Å². The Balaban J connectivity index is 1.10. The monoisotopic (exact) mass is 782 g/mol. The number of furan rings is 1. The van der Waals surface area contributed by atoms with Crippen LogP contribution in [-0.4, -0.2) is 29.9 Å². The van der Waals surface area contributed by atoms with Crippen LogP contribution in [0.15, 0.2) is 211 Å². The molecule has 0 atom stereocenters. The molecule has 0 spiro atoms. The van der Waals surface area contributed by atoms with E-state index in [1.54, 1.807) is 0 Å². The van der Waals surface area contributed by atoms with E-state index in [-0.39, 0.29) is 0 Å². The van der Waals surface area contributed by atoms with Crippen molar-refractivity contribution in [3.05, 3.63) is 206 Å². The number of rotatable bonds is 8. The van der Waals surface area contributed by atoms with Crippen LogP contribution in [0.1, 0.15) is 0 Å². The number of hydrogen-bond acceptors (Lipinski definition) is 7. The van der Waals surface area contributed by atoms with Crippen LogP contribution in [0.5, 0.6) is 0 Å². The van der Waals surface area contributed by atoms with Crippen LogP contribution in [0.2, 0.25) is 0 Å². The predicted octanol–water partition coefficient (Wildman–Crippen LogP) is 13.3. The van der Waals surface area contributed by atoms with Gasteiger partial charge < -0.3 is 4.42 Å². The highest BCUT2D eigenvalue weighted by atomic mass is 16.3. The average Bonchev–Trinajstić information content (AvgIpc) is 3.73. The fraction of sp³-hybridized carbons (Fsp3) is 0. The quantitative estimate of drug-likeness (QED) is 0.152. The summed E-state index contributed by atoms with van der Waals surface area (Å²) < 4.78 is 6.53. The van der Waals surface area contributed by atoms with E-state index in [1.807, 2.05) is 146 Å². The first-order valence-electron chi connectivity index (χ1n) is 20.1. The Kier molecular flexibility index (Phi) is 9.02. The molecule has 11 rings (SSSR count). The lowest BCUT2D eigenvalue weighted by molar-refractivity contribution is 0.669. The van der Waals surface area contributed by atoms with E-state index in [0.29, 0.717) is 34.9 Å². The van der Waals surface area contributed by atoms with E-state index in [1.165, 1.54) is 0 Å². The lowest BCUT2D eigenvalue weighted by Gasteiger charge is -2.13. The summed E-state index contributed by atoms with van der Waals surface area (Å²) in [6, 6.07) is 69.5. The van der Waals surface area contributed by atoms with Gasteiger partial charge in [-0.1, -0.05) is 170 Å². The zero-order chi connectivity index (χ0) is 40.5. The van der Waals surface area contributed by atoms with Crippen LogP contribution in [0.4, 0.5) is 0 Å². The van der Waals surface area contributed by atoms with Crippen LogP contribution >= 0.6 is 0 Å². The van der Waals surface area contributed by atoms with Crippen molar-refractivity contribution in [3.8, 4) is 90.6 Å². The van der Waals surface area contributed by atoms with Crippen LogP contribution in [-0.2, 0) is 0 Å². The van der Waals surface area contributed by atoms with Crippen molar-refractivity contribution in [2.24, 2.45) is 0 Å². The number of benzene rings is 8. The van der Waals surface area contributed by atoms with Gasteiger partial charge in [-0.2, -0.15) is 0 Å². The van der Waals surface area contributed by atoms with E-state index in [0.717, 1.165) is 77.6 Å². The summed E-state index contributed by atoms with van der Waals surface area (Å²) in [5.74, 6) is 3.58. The lowest BCUT2D eigenvalue weighted by atomic mass is 9.94. The molecule has 7 heteroatoms. The Morgan fingerprint density at radius 3 is 1.11 bits per heavy atom. The molecular weight excluding hydrogens is 749 g/mol. The van der Waals surface area contributed by atoms with E-state index in [9.17, 15) is 0 Å². The third-order valence-electron chi connectivity index (χ3n) is 10.8. The van der Waals surface area contributed by atoms with E-state index in [4.69, 9.17) is 34.3 Å². The van der Waals surface area contributed by atoms with Gasteiger partial charge in [0.15, 0.2) is 34.9 Å². The minimum absolute atomic E-state index is 0.568. The second-order valence-electron chi connectivity index (χ2n) is 14.7. The summed E-state index contributed by atoms with van der Waals surface area (Å²) >= 11 is 0. The third-order valence-corrected chi connectivity index (χ3v) is 10.8. The fourth-order valence-corrected chi connectivity index (χ4v) is 7.78. The van der Waals surface area contributed by atoms with E-state index in [2.05, 4.69) is 60.7 Å². The summed E-state index contributed by atoms with van der Waals surface area (Å²) in [5, 5.41) is 1.89. The van der Waals surface area contributed by atoms with Crippen molar-refractivity contribution in [1.82, 2.24) is 29.9 Å². The summed E-state index contributed by atoms with van der Waals surface area (Å²) in [6.07, 6.45) is 0. The molecule has 286 valence electrons. The van der Waals surface area contributed by atoms with Gasteiger partial charge in [0.25, 0.3) is 0 Å². The zero-order valence-electron chi connectivity index (χ0n) is 32.7. The first-order chi connectivity index (χ1) is 30.2. The molecular formula is C54H34N6O. The molecule has 0 fully saturated rings. The van der Waals surface area contributed by atoms with Gasteiger partial charge in [0.2, 0.25) is 0 Å². The largest absolute Gasteiger partial charge is 0.456 e. The summed E-state index contributed by atoms with van der Waals surface area (Å²) in [6.45, 7) is 0. The van der Waals surface area contributed by atoms with Crippen LogP contribution < -0.4 is 0 Å². The Morgan fingerprint density at radius 2 is 0.639 bits per heavy atom. The Hall–Kier alpha value is -8.42. The molecule has 0 amide bonds. The van der Waals surface area contributed by atoms with Gasteiger partial charge in [-0.3, -0.25) is 0 Å². The van der Waals surface area contributed by atoms with Crippen molar-refractivity contribution < 1.29 is 4.42 Å². The van der Waals surface area contributed by atoms with Crippen LogP contribution in [0, 0.1) is 0 Å². The molecule has 0 aliphatic rings. The molecule has 0 bridgehead atoms. The Morgan fingerprint density at radius 1 is 0.246 bits per heavy atom. The highest BCUT2D eigenvalue weighted by Gasteiger charge is 2.20. The lowest BCUT2D eigenvalue weighted by Crippen LogP contribution is -2.00. The van der Waals surface area contributed by atoms with E-state index < -0.39 is 0 Å².